The summed E-state index contributed by atoms with van der Waals surface area (Å²) in [6.45, 7) is 9.98. The van der Waals surface area contributed by atoms with E-state index in [9.17, 15) is 0 Å². The molecule has 0 fully saturated rings. The lowest BCUT2D eigenvalue weighted by molar-refractivity contribution is 0.635. The summed E-state index contributed by atoms with van der Waals surface area (Å²) in [4.78, 5) is 4.69. The molecule has 2 aromatic heterocycles. The second-order valence-corrected chi connectivity index (χ2v) is 6.40. The normalized spacial score (nSPS) is 13.2. The Morgan fingerprint density at radius 1 is 1.33 bits per heavy atom. The van der Waals surface area contributed by atoms with Crippen molar-refractivity contribution in [2.24, 2.45) is 19.1 Å². The van der Waals surface area contributed by atoms with Crippen LogP contribution in [-0.4, -0.2) is 32.9 Å². The van der Waals surface area contributed by atoms with Crippen LogP contribution in [0.15, 0.2) is 23.5 Å². The predicted molar refractivity (Wildman–Crippen MR) is 99.2 cm³/mol. The van der Waals surface area contributed by atoms with Crippen molar-refractivity contribution in [3.63, 3.8) is 0 Å². The highest BCUT2D eigenvalue weighted by atomic mass is 15.3. The average Bonchev–Trinajstić information content (AvgIpc) is 3.04. The summed E-state index contributed by atoms with van der Waals surface area (Å²) in [5.74, 6) is 0.855. The van der Waals surface area contributed by atoms with Gasteiger partial charge >= 0.3 is 0 Å². The molecule has 24 heavy (non-hydrogen) atoms. The molecule has 0 saturated carbocycles. The molecule has 2 heterocycles. The minimum Gasteiger partial charge on any atom is -0.357 e. The standard InChI is InChI=1S/C18H30N6/c1-7-19-18(20-11-16-8-9-23(5)12-16)21-13(2)10-17-14(3)22-24(6)15(17)4/h8-9,12-13H,7,10-11H2,1-6H3,(H2,19,20,21). The Balaban J connectivity index is 2.00. The first-order valence-corrected chi connectivity index (χ1v) is 8.55. The van der Waals surface area contributed by atoms with E-state index < -0.39 is 0 Å². The van der Waals surface area contributed by atoms with E-state index in [4.69, 9.17) is 0 Å². The molecule has 0 aromatic carbocycles. The second-order valence-electron chi connectivity index (χ2n) is 6.40. The Kier molecular flexibility index (Phi) is 6.06. The first-order valence-electron chi connectivity index (χ1n) is 8.55. The third-order valence-electron chi connectivity index (χ3n) is 4.21. The Bertz CT molecular complexity index is 694. The monoisotopic (exact) mass is 330 g/mol. The van der Waals surface area contributed by atoms with E-state index in [1.807, 2.05) is 29.5 Å². The fraction of sp³-hybridized carbons (Fsp3) is 0.556. The number of aromatic nitrogens is 3. The Morgan fingerprint density at radius 2 is 2.08 bits per heavy atom. The van der Waals surface area contributed by atoms with Crippen LogP contribution in [0.5, 0.6) is 0 Å². The second kappa shape index (κ2) is 8.04. The number of hydrogen-bond acceptors (Lipinski definition) is 2. The van der Waals surface area contributed by atoms with Gasteiger partial charge in [-0.25, -0.2) is 4.99 Å². The summed E-state index contributed by atoms with van der Waals surface area (Å²) in [5, 5.41) is 11.3. The molecule has 0 aliphatic rings. The summed E-state index contributed by atoms with van der Waals surface area (Å²) in [6.07, 6.45) is 5.07. The van der Waals surface area contributed by atoms with Gasteiger partial charge in [-0.2, -0.15) is 5.10 Å². The van der Waals surface area contributed by atoms with Gasteiger partial charge in [0.2, 0.25) is 0 Å². The van der Waals surface area contributed by atoms with Crippen LogP contribution in [0.3, 0.4) is 0 Å². The van der Waals surface area contributed by atoms with Gasteiger partial charge in [0.05, 0.1) is 12.2 Å². The zero-order valence-corrected chi connectivity index (χ0v) is 15.7. The lowest BCUT2D eigenvalue weighted by Crippen LogP contribution is -2.43. The molecule has 6 nitrogen and oxygen atoms in total. The van der Waals surface area contributed by atoms with Crippen LogP contribution in [0.4, 0.5) is 0 Å². The van der Waals surface area contributed by atoms with Crippen molar-refractivity contribution < 1.29 is 0 Å². The van der Waals surface area contributed by atoms with E-state index in [0.29, 0.717) is 6.54 Å². The topological polar surface area (TPSA) is 59.2 Å². The van der Waals surface area contributed by atoms with Gasteiger partial charge in [0.25, 0.3) is 0 Å². The molecule has 0 aliphatic heterocycles. The zero-order valence-electron chi connectivity index (χ0n) is 15.7. The molecule has 2 aromatic rings. The van der Waals surface area contributed by atoms with Gasteiger partial charge in [-0.3, -0.25) is 4.68 Å². The molecule has 0 spiro atoms. The molecule has 0 bridgehead atoms. The highest BCUT2D eigenvalue weighted by Gasteiger charge is 2.14. The number of rotatable bonds is 6. The highest BCUT2D eigenvalue weighted by molar-refractivity contribution is 5.80. The van der Waals surface area contributed by atoms with Crippen molar-refractivity contribution in [3.05, 3.63) is 41.0 Å². The third-order valence-corrected chi connectivity index (χ3v) is 4.21. The zero-order chi connectivity index (χ0) is 17.7. The van der Waals surface area contributed by atoms with Crippen molar-refractivity contribution in [2.45, 2.75) is 46.7 Å². The van der Waals surface area contributed by atoms with Crippen molar-refractivity contribution in [1.29, 1.82) is 0 Å². The van der Waals surface area contributed by atoms with Gasteiger partial charge in [-0.1, -0.05) is 0 Å². The molecule has 6 heteroatoms. The maximum atomic E-state index is 4.69. The maximum Gasteiger partial charge on any atom is 0.191 e. The van der Waals surface area contributed by atoms with Gasteiger partial charge in [-0.05, 0) is 51.3 Å². The van der Waals surface area contributed by atoms with Gasteiger partial charge in [-0.15, -0.1) is 0 Å². The predicted octanol–water partition coefficient (Wildman–Crippen LogP) is 2.06. The number of nitrogens with zero attached hydrogens (tertiary/aromatic N) is 4. The van der Waals surface area contributed by atoms with E-state index in [1.165, 1.54) is 16.8 Å². The van der Waals surface area contributed by atoms with Gasteiger partial charge in [0, 0.05) is 44.8 Å². The minimum atomic E-state index is 0.278. The molecule has 0 saturated heterocycles. The van der Waals surface area contributed by atoms with Crippen LogP contribution < -0.4 is 10.6 Å². The summed E-state index contributed by atoms with van der Waals surface area (Å²) in [7, 11) is 4.02. The summed E-state index contributed by atoms with van der Waals surface area (Å²) in [5.41, 5.74) is 4.86. The van der Waals surface area contributed by atoms with Crippen molar-refractivity contribution in [1.82, 2.24) is 25.0 Å². The lowest BCUT2D eigenvalue weighted by atomic mass is 10.1. The van der Waals surface area contributed by atoms with Crippen LogP contribution in [-0.2, 0) is 27.1 Å². The van der Waals surface area contributed by atoms with E-state index in [2.05, 4.69) is 60.7 Å². The van der Waals surface area contributed by atoms with Gasteiger partial charge < -0.3 is 15.2 Å². The molecule has 132 valence electrons. The Morgan fingerprint density at radius 3 is 2.62 bits per heavy atom. The summed E-state index contributed by atoms with van der Waals surface area (Å²) in [6, 6.07) is 2.37. The van der Waals surface area contributed by atoms with Gasteiger partial charge in [0.1, 0.15) is 0 Å². The molecule has 0 radical (unpaired) electrons. The molecule has 1 unspecified atom stereocenters. The van der Waals surface area contributed by atoms with Gasteiger partial charge in [0.15, 0.2) is 5.96 Å². The number of guanidine groups is 1. The van der Waals surface area contributed by atoms with Crippen molar-refractivity contribution in [2.75, 3.05) is 6.54 Å². The molecular weight excluding hydrogens is 300 g/mol. The van der Waals surface area contributed by atoms with Crippen LogP contribution in [0.25, 0.3) is 0 Å². The number of aryl methyl sites for hydroxylation is 3. The fourth-order valence-electron chi connectivity index (χ4n) is 2.85. The molecule has 1 atom stereocenters. The molecule has 2 rings (SSSR count). The number of aliphatic imine (C=N–C) groups is 1. The molecule has 0 aliphatic carbocycles. The van der Waals surface area contributed by atoms with E-state index in [0.717, 1.165) is 24.6 Å². The third kappa shape index (κ3) is 4.63. The SMILES string of the molecule is CCNC(=NCc1ccn(C)c1)NC(C)Cc1c(C)nn(C)c1C. The number of nitrogens with one attached hydrogen (secondary N) is 2. The van der Waals surface area contributed by atoms with Crippen LogP contribution >= 0.6 is 0 Å². The first-order chi connectivity index (χ1) is 11.4. The quantitative estimate of drug-likeness (QED) is 0.630. The minimum absolute atomic E-state index is 0.278. The van der Waals surface area contributed by atoms with Crippen LogP contribution in [0.2, 0.25) is 0 Å². The Labute approximate surface area is 145 Å². The Hall–Kier alpha value is -2.24. The average molecular weight is 330 g/mol. The van der Waals surface area contributed by atoms with Crippen molar-refractivity contribution in [3.8, 4) is 0 Å². The summed E-state index contributed by atoms with van der Waals surface area (Å²) >= 11 is 0. The van der Waals surface area contributed by atoms with E-state index in [1.54, 1.807) is 0 Å². The fourth-order valence-corrected chi connectivity index (χ4v) is 2.85. The highest BCUT2D eigenvalue weighted by Crippen LogP contribution is 2.14. The maximum absolute atomic E-state index is 4.69. The van der Waals surface area contributed by atoms with Crippen LogP contribution in [0.1, 0.15) is 36.4 Å². The van der Waals surface area contributed by atoms with Crippen LogP contribution in [0, 0.1) is 13.8 Å². The van der Waals surface area contributed by atoms with Crippen molar-refractivity contribution >= 4 is 5.96 Å². The molecule has 0 amide bonds. The molecule has 2 N–H and O–H groups in total. The first kappa shape index (κ1) is 18.1. The largest absolute Gasteiger partial charge is 0.357 e. The smallest absolute Gasteiger partial charge is 0.191 e. The van der Waals surface area contributed by atoms with E-state index in [-0.39, 0.29) is 6.04 Å². The molecular formula is C18H30N6. The lowest BCUT2D eigenvalue weighted by Gasteiger charge is -2.18. The number of hydrogen-bond donors (Lipinski definition) is 2. The van der Waals surface area contributed by atoms with E-state index >= 15 is 0 Å². The summed E-state index contributed by atoms with van der Waals surface area (Å²) < 4.78 is 3.99.